The number of nitrogens with one attached hydrogen (secondary N) is 1. The molecule has 4 heteroatoms. The minimum atomic E-state index is -0.220. The molecule has 0 saturated heterocycles. The molecule has 2 amide bonds. The van der Waals surface area contributed by atoms with Crippen LogP contribution in [0.4, 0.5) is 0 Å². The summed E-state index contributed by atoms with van der Waals surface area (Å²) in [6, 6.07) is 0. The second-order valence-electron chi connectivity index (χ2n) is 5.66. The van der Waals surface area contributed by atoms with Gasteiger partial charge in [-0.25, -0.2) is 0 Å². The van der Waals surface area contributed by atoms with Crippen molar-refractivity contribution < 1.29 is 9.59 Å². The van der Waals surface area contributed by atoms with Crippen LogP contribution in [0.2, 0.25) is 0 Å². The van der Waals surface area contributed by atoms with E-state index in [1.54, 1.807) is 0 Å². The summed E-state index contributed by atoms with van der Waals surface area (Å²) in [6.45, 7) is 14.6. The van der Waals surface area contributed by atoms with Crippen LogP contribution in [0, 0.1) is 17.3 Å². The quantitative estimate of drug-likeness (QED) is 0.829. The van der Waals surface area contributed by atoms with Crippen LogP contribution in [0.5, 0.6) is 0 Å². The molecule has 3 N–H and O–H groups in total. The Morgan fingerprint density at radius 1 is 1.26 bits per heavy atom. The SMILES string of the molecule is CC.CC(C(N)=O)C(C)(C)C.CCNC(=O)C1CC1. The van der Waals surface area contributed by atoms with Crippen molar-refractivity contribution in [3.63, 3.8) is 0 Å². The first kappa shape index (κ1) is 20.3. The number of primary amides is 1. The zero-order valence-corrected chi connectivity index (χ0v) is 13.7. The van der Waals surface area contributed by atoms with Gasteiger partial charge in [-0.1, -0.05) is 41.5 Å². The predicted octanol–water partition coefficient (Wildman–Crippen LogP) is 2.71. The Labute approximate surface area is 118 Å². The molecule has 0 aromatic rings. The van der Waals surface area contributed by atoms with E-state index in [-0.39, 0.29) is 23.1 Å². The fourth-order valence-electron chi connectivity index (χ4n) is 1.09. The van der Waals surface area contributed by atoms with Crippen molar-refractivity contribution in [2.75, 3.05) is 6.54 Å². The van der Waals surface area contributed by atoms with Crippen LogP contribution in [-0.4, -0.2) is 18.4 Å². The van der Waals surface area contributed by atoms with E-state index in [4.69, 9.17) is 5.73 Å². The van der Waals surface area contributed by atoms with Gasteiger partial charge in [-0.3, -0.25) is 9.59 Å². The summed E-state index contributed by atoms with van der Waals surface area (Å²) in [5.74, 6) is 0.349. The maximum Gasteiger partial charge on any atom is 0.223 e. The fourth-order valence-corrected chi connectivity index (χ4v) is 1.09. The van der Waals surface area contributed by atoms with E-state index in [9.17, 15) is 9.59 Å². The molecule has 1 rings (SSSR count). The van der Waals surface area contributed by atoms with Gasteiger partial charge in [0.25, 0.3) is 0 Å². The smallest absolute Gasteiger partial charge is 0.223 e. The van der Waals surface area contributed by atoms with E-state index in [1.165, 1.54) is 0 Å². The minimum Gasteiger partial charge on any atom is -0.369 e. The third-order valence-electron chi connectivity index (χ3n) is 3.02. The highest BCUT2D eigenvalue weighted by Crippen LogP contribution is 2.28. The summed E-state index contributed by atoms with van der Waals surface area (Å²) in [7, 11) is 0. The number of carbonyl (C=O) groups is 2. The lowest BCUT2D eigenvalue weighted by atomic mass is 9.82. The van der Waals surface area contributed by atoms with Gasteiger partial charge in [0.1, 0.15) is 0 Å². The molecule has 1 fully saturated rings. The topological polar surface area (TPSA) is 72.2 Å². The normalized spacial score (nSPS) is 15.1. The third-order valence-corrected chi connectivity index (χ3v) is 3.02. The maximum atomic E-state index is 10.7. The van der Waals surface area contributed by atoms with Gasteiger partial charge in [0.2, 0.25) is 11.8 Å². The van der Waals surface area contributed by atoms with Crippen LogP contribution in [-0.2, 0) is 9.59 Å². The van der Waals surface area contributed by atoms with E-state index in [1.807, 2.05) is 48.5 Å². The Morgan fingerprint density at radius 2 is 1.68 bits per heavy atom. The third kappa shape index (κ3) is 10.5. The van der Waals surface area contributed by atoms with Crippen molar-refractivity contribution in [1.29, 1.82) is 0 Å². The molecule has 1 aliphatic carbocycles. The zero-order chi connectivity index (χ0) is 15.6. The van der Waals surface area contributed by atoms with Gasteiger partial charge >= 0.3 is 0 Å². The number of nitrogens with two attached hydrogens (primary N) is 1. The van der Waals surface area contributed by atoms with E-state index in [0.717, 1.165) is 19.4 Å². The average Bonchev–Trinajstić information content (AvgIpc) is 3.14. The first-order chi connectivity index (χ1) is 8.70. The molecule has 1 unspecified atom stereocenters. The van der Waals surface area contributed by atoms with E-state index in [2.05, 4.69) is 5.32 Å². The van der Waals surface area contributed by atoms with Crippen LogP contribution < -0.4 is 11.1 Å². The van der Waals surface area contributed by atoms with Gasteiger partial charge in [-0.2, -0.15) is 0 Å². The van der Waals surface area contributed by atoms with Gasteiger partial charge in [-0.05, 0) is 25.2 Å². The van der Waals surface area contributed by atoms with Crippen molar-refractivity contribution in [3.8, 4) is 0 Å². The number of carbonyl (C=O) groups excluding carboxylic acids is 2. The average molecular weight is 272 g/mol. The van der Waals surface area contributed by atoms with Gasteiger partial charge < -0.3 is 11.1 Å². The zero-order valence-electron chi connectivity index (χ0n) is 13.7. The Morgan fingerprint density at radius 3 is 1.84 bits per heavy atom. The molecule has 0 heterocycles. The second-order valence-corrected chi connectivity index (χ2v) is 5.66. The molecule has 0 aliphatic heterocycles. The highest BCUT2D eigenvalue weighted by atomic mass is 16.2. The summed E-state index contributed by atoms with van der Waals surface area (Å²) in [5, 5.41) is 2.77. The van der Waals surface area contributed by atoms with Gasteiger partial charge in [0.15, 0.2) is 0 Å². The molecule has 1 aliphatic rings. The Hall–Kier alpha value is -1.06. The minimum absolute atomic E-state index is 0.00579. The Bertz CT molecular complexity index is 266. The van der Waals surface area contributed by atoms with Crippen LogP contribution >= 0.6 is 0 Å². The summed E-state index contributed by atoms with van der Waals surface area (Å²) >= 11 is 0. The lowest BCUT2D eigenvalue weighted by Gasteiger charge is -2.23. The number of rotatable bonds is 3. The van der Waals surface area contributed by atoms with Crippen molar-refractivity contribution in [2.45, 2.75) is 61.3 Å². The first-order valence-electron chi connectivity index (χ1n) is 7.27. The molecule has 0 bridgehead atoms. The Kier molecular flexibility index (Phi) is 10.5. The number of hydrogen-bond acceptors (Lipinski definition) is 2. The van der Waals surface area contributed by atoms with Gasteiger partial charge in [0, 0.05) is 18.4 Å². The molecule has 19 heavy (non-hydrogen) atoms. The van der Waals surface area contributed by atoms with E-state index in [0.29, 0.717) is 5.92 Å². The lowest BCUT2D eigenvalue weighted by Crippen LogP contribution is -2.31. The largest absolute Gasteiger partial charge is 0.369 e. The standard InChI is InChI=1S/C7H15NO.C6H11NO.C2H6/c1-5(6(8)9)7(2,3)4;1-2-7-6(8)5-3-4-5;1-2/h5H,1-4H3,(H2,8,9);5H,2-4H2,1H3,(H,7,8);1-2H3. The van der Waals surface area contributed by atoms with Crippen LogP contribution in [0.15, 0.2) is 0 Å². The van der Waals surface area contributed by atoms with Crippen LogP contribution in [0.25, 0.3) is 0 Å². The lowest BCUT2D eigenvalue weighted by molar-refractivity contribution is -0.124. The van der Waals surface area contributed by atoms with E-state index >= 15 is 0 Å². The van der Waals surface area contributed by atoms with E-state index < -0.39 is 0 Å². The summed E-state index contributed by atoms with van der Waals surface area (Å²) in [4.78, 5) is 21.3. The first-order valence-corrected chi connectivity index (χ1v) is 7.27. The molecule has 0 radical (unpaired) electrons. The second kappa shape index (κ2) is 9.82. The monoisotopic (exact) mass is 272 g/mol. The van der Waals surface area contributed by atoms with Crippen molar-refractivity contribution in [2.24, 2.45) is 23.0 Å². The van der Waals surface area contributed by atoms with Crippen molar-refractivity contribution >= 4 is 11.8 Å². The molecule has 0 aromatic heterocycles. The van der Waals surface area contributed by atoms with Crippen molar-refractivity contribution in [1.82, 2.24) is 5.32 Å². The number of hydrogen-bond donors (Lipinski definition) is 2. The Balaban J connectivity index is 0. The molecule has 0 spiro atoms. The number of amides is 2. The molecule has 1 saturated carbocycles. The van der Waals surface area contributed by atoms with Crippen LogP contribution in [0.1, 0.15) is 61.3 Å². The van der Waals surface area contributed by atoms with Crippen molar-refractivity contribution in [3.05, 3.63) is 0 Å². The van der Waals surface area contributed by atoms with Gasteiger partial charge in [-0.15, -0.1) is 0 Å². The molecular formula is C15H32N2O2. The van der Waals surface area contributed by atoms with Gasteiger partial charge in [0.05, 0.1) is 0 Å². The summed E-state index contributed by atoms with van der Waals surface area (Å²) in [5.41, 5.74) is 5.09. The molecule has 4 nitrogen and oxygen atoms in total. The fraction of sp³-hybridized carbons (Fsp3) is 0.867. The van der Waals surface area contributed by atoms with Crippen LogP contribution in [0.3, 0.4) is 0 Å². The predicted molar refractivity (Wildman–Crippen MR) is 80.6 cm³/mol. The molecule has 1 atom stereocenters. The summed E-state index contributed by atoms with van der Waals surface area (Å²) < 4.78 is 0. The highest BCUT2D eigenvalue weighted by Gasteiger charge is 2.28. The maximum absolute atomic E-state index is 10.7. The highest BCUT2D eigenvalue weighted by molar-refractivity contribution is 5.80. The molecule has 114 valence electrons. The molecule has 0 aromatic carbocycles. The molecular weight excluding hydrogens is 240 g/mol. The summed E-state index contributed by atoms with van der Waals surface area (Å²) in [6.07, 6.45) is 2.21.